The minimum Gasteiger partial charge on any atom is -0.326 e. The zero-order chi connectivity index (χ0) is 15.4. The summed E-state index contributed by atoms with van der Waals surface area (Å²) in [4.78, 5) is 14.1. The van der Waals surface area contributed by atoms with Crippen LogP contribution in [0.1, 0.15) is 51.4 Å². The van der Waals surface area contributed by atoms with Crippen LogP contribution in [0.4, 0.5) is 4.39 Å². The predicted molar refractivity (Wildman–Crippen MR) is 79.6 cm³/mol. The Kier molecular flexibility index (Phi) is 3.23. The molecule has 0 radical (unpaired) electrons. The van der Waals surface area contributed by atoms with Gasteiger partial charge in [0.25, 0.3) is 0 Å². The summed E-state index contributed by atoms with van der Waals surface area (Å²) < 4.78 is 14.9. The number of nitriles is 1. The number of carbonyl (C=O) groups is 1. The van der Waals surface area contributed by atoms with E-state index >= 15 is 0 Å². The lowest BCUT2D eigenvalue weighted by molar-refractivity contribution is -0.133. The van der Waals surface area contributed by atoms with E-state index in [4.69, 9.17) is 5.26 Å². The highest BCUT2D eigenvalue weighted by atomic mass is 19.1. The molecule has 5 aliphatic rings. The molecule has 1 amide bonds. The van der Waals surface area contributed by atoms with Crippen LogP contribution >= 0.6 is 0 Å². The Morgan fingerprint density at radius 3 is 2.68 bits per heavy atom. The summed E-state index contributed by atoms with van der Waals surface area (Å²) in [6.07, 6.45) is 6.92. The third-order valence-electron chi connectivity index (χ3n) is 6.33. The predicted octanol–water partition coefficient (Wildman–Crippen LogP) is 2.15. The van der Waals surface area contributed by atoms with E-state index in [9.17, 15) is 9.18 Å². The number of nitrogens with zero attached hydrogens (tertiary/aromatic N) is 2. The highest BCUT2D eigenvalue weighted by Crippen LogP contribution is 2.58. The van der Waals surface area contributed by atoms with Gasteiger partial charge in [-0.05, 0) is 63.2 Å². The van der Waals surface area contributed by atoms with Crippen molar-refractivity contribution < 1.29 is 9.18 Å². The van der Waals surface area contributed by atoms with Gasteiger partial charge in [0.2, 0.25) is 5.91 Å². The second-order valence-corrected chi connectivity index (χ2v) is 8.12. The van der Waals surface area contributed by atoms with Gasteiger partial charge in [-0.25, -0.2) is 4.39 Å². The lowest BCUT2D eigenvalue weighted by Gasteiger charge is -2.59. The molecule has 4 bridgehead atoms. The van der Waals surface area contributed by atoms with Crippen LogP contribution in [0.5, 0.6) is 0 Å². The highest BCUT2D eigenvalue weighted by molar-refractivity contribution is 5.79. The molecule has 0 aromatic heterocycles. The van der Waals surface area contributed by atoms with Gasteiger partial charge < -0.3 is 10.2 Å². The standard InChI is InChI=1S/C17H24FN3O/c18-16-5-12-4-13(6-16)8-17(7-12,11-16)20-10-15(22)21-3-1-2-14(21)9-19/h12-14,20H,1-8,10-11H2/t12?,13?,14-,16?,17?/m0/s1. The number of likely N-dealkylation sites (tertiary alicyclic amines) is 1. The van der Waals surface area contributed by atoms with E-state index in [1.54, 1.807) is 4.90 Å². The topological polar surface area (TPSA) is 56.1 Å². The number of hydrogen-bond acceptors (Lipinski definition) is 3. The third-order valence-corrected chi connectivity index (χ3v) is 6.33. The van der Waals surface area contributed by atoms with E-state index in [-0.39, 0.29) is 24.0 Å². The molecule has 1 saturated heterocycles. The maximum absolute atomic E-state index is 14.9. The number of halogens is 1. The van der Waals surface area contributed by atoms with Crippen LogP contribution in [0.25, 0.3) is 0 Å². The summed E-state index contributed by atoms with van der Waals surface area (Å²) >= 11 is 0. The SMILES string of the molecule is N#C[C@@H]1CCCN1C(=O)CNC12CC3CC(CC(F)(C3)C1)C2. The van der Waals surface area contributed by atoms with E-state index in [0.29, 0.717) is 24.8 Å². The molecule has 1 N–H and O–H groups in total. The molecule has 4 aliphatic carbocycles. The summed E-state index contributed by atoms with van der Waals surface area (Å²) in [5.41, 5.74) is -1.17. The molecule has 1 aliphatic heterocycles. The van der Waals surface area contributed by atoms with Crippen molar-refractivity contribution in [3.63, 3.8) is 0 Å². The zero-order valence-electron chi connectivity index (χ0n) is 13.0. The first-order valence-electron chi connectivity index (χ1n) is 8.64. The largest absolute Gasteiger partial charge is 0.326 e. The van der Waals surface area contributed by atoms with Gasteiger partial charge in [0.05, 0.1) is 12.6 Å². The van der Waals surface area contributed by atoms with Crippen molar-refractivity contribution in [2.75, 3.05) is 13.1 Å². The van der Waals surface area contributed by atoms with Gasteiger partial charge in [-0.2, -0.15) is 5.26 Å². The normalized spacial score (nSPS) is 46.0. The average molecular weight is 305 g/mol. The number of hydrogen-bond donors (Lipinski definition) is 1. The Hall–Kier alpha value is -1.15. The van der Waals surface area contributed by atoms with Gasteiger partial charge in [0.1, 0.15) is 11.7 Å². The molecule has 120 valence electrons. The molecule has 0 spiro atoms. The number of nitrogens with one attached hydrogen (secondary N) is 1. The monoisotopic (exact) mass is 305 g/mol. The lowest BCUT2D eigenvalue weighted by atomic mass is 9.51. The van der Waals surface area contributed by atoms with Crippen LogP contribution in [0.2, 0.25) is 0 Å². The molecule has 5 rings (SSSR count). The maximum Gasteiger partial charge on any atom is 0.237 e. The van der Waals surface area contributed by atoms with Crippen molar-refractivity contribution in [3.05, 3.63) is 0 Å². The molecule has 5 heteroatoms. The Morgan fingerprint density at radius 2 is 2.05 bits per heavy atom. The number of alkyl halides is 1. The van der Waals surface area contributed by atoms with E-state index in [2.05, 4.69) is 11.4 Å². The maximum atomic E-state index is 14.9. The summed E-state index contributed by atoms with van der Waals surface area (Å²) in [6, 6.07) is 1.95. The number of carbonyl (C=O) groups excluding carboxylic acids is 1. The second-order valence-electron chi connectivity index (χ2n) is 8.12. The average Bonchev–Trinajstić information content (AvgIpc) is 2.90. The summed E-state index contributed by atoms with van der Waals surface area (Å²) in [7, 11) is 0. The van der Waals surface area contributed by atoms with Crippen LogP contribution in [0, 0.1) is 23.2 Å². The first-order chi connectivity index (χ1) is 10.5. The van der Waals surface area contributed by atoms with E-state index in [1.807, 2.05) is 0 Å². The molecule has 0 aromatic carbocycles. The first kappa shape index (κ1) is 14.4. The van der Waals surface area contributed by atoms with Crippen molar-refractivity contribution in [2.45, 2.75) is 68.6 Å². The van der Waals surface area contributed by atoms with Gasteiger partial charge in [-0.3, -0.25) is 4.79 Å². The van der Waals surface area contributed by atoms with Crippen molar-refractivity contribution >= 4 is 5.91 Å². The molecule has 22 heavy (non-hydrogen) atoms. The van der Waals surface area contributed by atoms with Crippen LogP contribution in [0.3, 0.4) is 0 Å². The lowest BCUT2D eigenvalue weighted by Crippen LogP contribution is -2.64. The fourth-order valence-electron chi connectivity index (χ4n) is 5.92. The molecule has 0 aromatic rings. The minimum absolute atomic E-state index is 0.00713. The third kappa shape index (κ3) is 2.32. The summed E-state index contributed by atoms with van der Waals surface area (Å²) in [5.74, 6) is 0.993. The summed E-state index contributed by atoms with van der Waals surface area (Å²) in [6.45, 7) is 0.942. The molecule has 1 heterocycles. The van der Waals surface area contributed by atoms with E-state index in [0.717, 1.165) is 38.5 Å². The highest BCUT2D eigenvalue weighted by Gasteiger charge is 2.58. The molecule has 5 fully saturated rings. The Balaban J connectivity index is 1.41. The van der Waals surface area contributed by atoms with Gasteiger partial charge in [-0.15, -0.1) is 0 Å². The summed E-state index contributed by atoms with van der Waals surface area (Å²) in [5, 5.41) is 12.5. The zero-order valence-corrected chi connectivity index (χ0v) is 13.0. The van der Waals surface area contributed by atoms with Crippen molar-refractivity contribution in [2.24, 2.45) is 11.8 Å². The van der Waals surface area contributed by atoms with Crippen LogP contribution < -0.4 is 5.32 Å². The van der Waals surface area contributed by atoms with Gasteiger partial charge in [-0.1, -0.05) is 0 Å². The van der Waals surface area contributed by atoms with Crippen molar-refractivity contribution in [1.82, 2.24) is 10.2 Å². The van der Waals surface area contributed by atoms with Gasteiger partial charge in [0.15, 0.2) is 0 Å². The van der Waals surface area contributed by atoms with E-state index < -0.39 is 5.67 Å². The van der Waals surface area contributed by atoms with Gasteiger partial charge >= 0.3 is 0 Å². The molecular formula is C17H24FN3O. The number of rotatable bonds is 3. The molecular weight excluding hydrogens is 281 g/mol. The Bertz CT molecular complexity index is 514. The molecule has 4 saturated carbocycles. The Morgan fingerprint density at radius 1 is 1.32 bits per heavy atom. The molecule has 2 unspecified atom stereocenters. The minimum atomic E-state index is -0.997. The van der Waals surface area contributed by atoms with Crippen LogP contribution in [0.15, 0.2) is 0 Å². The fourth-order valence-corrected chi connectivity index (χ4v) is 5.92. The van der Waals surface area contributed by atoms with Crippen LogP contribution in [-0.2, 0) is 4.79 Å². The van der Waals surface area contributed by atoms with E-state index in [1.165, 1.54) is 6.42 Å². The smallest absolute Gasteiger partial charge is 0.237 e. The first-order valence-corrected chi connectivity index (χ1v) is 8.64. The molecule has 4 nitrogen and oxygen atoms in total. The molecule has 3 atom stereocenters. The fraction of sp³-hybridized carbons (Fsp3) is 0.882. The van der Waals surface area contributed by atoms with Crippen molar-refractivity contribution in [1.29, 1.82) is 5.26 Å². The van der Waals surface area contributed by atoms with Crippen LogP contribution in [-0.4, -0.2) is 41.1 Å². The Labute approximate surface area is 131 Å². The number of amides is 1. The second kappa shape index (κ2) is 4.92. The van der Waals surface area contributed by atoms with Crippen molar-refractivity contribution in [3.8, 4) is 6.07 Å². The quantitative estimate of drug-likeness (QED) is 0.869. The van der Waals surface area contributed by atoms with Gasteiger partial charge in [0, 0.05) is 12.1 Å².